The Kier molecular flexibility index (Phi) is 3.75. The fourth-order valence-electron chi connectivity index (χ4n) is 4.73. The molecule has 0 unspecified atom stereocenters. The Bertz CT molecular complexity index is 1250. The summed E-state index contributed by atoms with van der Waals surface area (Å²) in [6, 6.07) is 34.2. The number of hydrazone groups is 1. The fourth-order valence-corrected chi connectivity index (χ4v) is 4.73. The van der Waals surface area contributed by atoms with Crippen molar-refractivity contribution < 1.29 is 9.52 Å². The minimum Gasteiger partial charge on any atom is -0.331 e. The number of rotatable bonds is 2. The lowest BCUT2D eigenvalue weighted by Gasteiger charge is -2.24. The molecule has 1 heterocycles. The van der Waals surface area contributed by atoms with Gasteiger partial charge in [-0.2, -0.15) is 0 Å². The van der Waals surface area contributed by atoms with Crippen LogP contribution >= 0.6 is 0 Å². The van der Waals surface area contributed by atoms with Crippen molar-refractivity contribution in [2.75, 3.05) is 7.05 Å². The van der Waals surface area contributed by atoms with Crippen LogP contribution in [0.4, 0.5) is 5.69 Å². The number of hydroxylamine groups is 1. The van der Waals surface area contributed by atoms with Crippen LogP contribution in [-0.4, -0.2) is 23.1 Å². The number of benzene rings is 4. The average Bonchev–Trinajstić information content (AvgIpc) is 3.13. The highest BCUT2D eigenvalue weighted by molar-refractivity contribution is 5.88. The molecule has 1 aliphatic carbocycles. The molecule has 0 N–H and O–H groups in total. The predicted octanol–water partition coefficient (Wildman–Crippen LogP) is 5.76. The molecule has 0 bridgehead atoms. The topological polar surface area (TPSA) is 15.5 Å². The van der Waals surface area contributed by atoms with Crippen molar-refractivity contribution >= 4 is 11.9 Å². The van der Waals surface area contributed by atoms with E-state index in [4.69, 9.17) is 4.84 Å². The second-order valence-electron chi connectivity index (χ2n) is 7.73. The van der Waals surface area contributed by atoms with Gasteiger partial charge in [0.05, 0.1) is 5.56 Å². The SMILES string of the molecule is CN1Oc2cccc(C3c4ccccc4-c4ccccc43)c2C=[N+]1c1ccccc1. The maximum Gasteiger partial charge on any atom is 0.238 e. The van der Waals surface area contributed by atoms with E-state index in [0.717, 1.165) is 17.0 Å². The van der Waals surface area contributed by atoms with E-state index in [9.17, 15) is 0 Å². The van der Waals surface area contributed by atoms with Crippen LogP contribution in [0.25, 0.3) is 11.1 Å². The van der Waals surface area contributed by atoms with Crippen molar-refractivity contribution in [3.8, 4) is 16.9 Å². The number of hydrogen-bond acceptors (Lipinski definition) is 2. The summed E-state index contributed by atoms with van der Waals surface area (Å²) in [6.07, 6.45) is 2.19. The highest BCUT2D eigenvalue weighted by atomic mass is 16.7. The van der Waals surface area contributed by atoms with Gasteiger partial charge in [0.2, 0.25) is 11.9 Å². The van der Waals surface area contributed by atoms with Crippen LogP contribution in [0.1, 0.15) is 28.2 Å². The molecule has 4 aromatic rings. The number of hydrogen-bond donors (Lipinski definition) is 0. The third kappa shape index (κ3) is 2.49. The predicted molar refractivity (Wildman–Crippen MR) is 119 cm³/mol. The van der Waals surface area contributed by atoms with E-state index >= 15 is 0 Å². The molecule has 0 radical (unpaired) electrons. The van der Waals surface area contributed by atoms with Gasteiger partial charge in [0.25, 0.3) is 0 Å². The van der Waals surface area contributed by atoms with E-state index < -0.39 is 0 Å². The van der Waals surface area contributed by atoms with Gasteiger partial charge < -0.3 is 4.84 Å². The third-order valence-corrected chi connectivity index (χ3v) is 6.05. The highest BCUT2D eigenvalue weighted by Crippen LogP contribution is 2.49. The van der Waals surface area contributed by atoms with Gasteiger partial charge in [-0.3, -0.25) is 0 Å². The number of para-hydroxylation sites is 1. The standard InChI is InChI=1S/C27H21N2O/c1-28-29(19-10-3-2-4-11-19)18-25-24(16-9-17-26(25)30-28)27-22-14-7-5-12-20(22)21-13-6-8-15-23(21)27/h2-18,27H,1H3/q+1. The lowest BCUT2D eigenvalue weighted by molar-refractivity contribution is -0.682. The van der Waals surface area contributed by atoms with E-state index in [2.05, 4.69) is 83.7 Å². The van der Waals surface area contributed by atoms with Crippen molar-refractivity contribution in [2.24, 2.45) is 0 Å². The number of nitrogens with zero attached hydrogens (tertiary/aromatic N) is 2. The van der Waals surface area contributed by atoms with Gasteiger partial charge >= 0.3 is 0 Å². The van der Waals surface area contributed by atoms with Crippen molar-refractivity contribution in [1.82, 2.24) is 5.17 Å². The van der Waals surface area contributed by atoms with E-state index in [0.29, 0.717) is 0 Å². The zero-order chi connectivity index (χ0) is 20.1. The molecule has 0 fully saturated rings. The lowest BCUT2D eigenvalue weighted by Crippen LogP contribution is -2.36. The van der Waals surface area contributed by atoms with Crippen LogP contribution in [0.3, 0.4) is 0 Å². The first-order chi connectivity index (χ1) is 14.8. The van der Waals surface area contributed by atoms with Crippen LogP contribution in [0.5, 0.6) is 5.75 Å². The molecular weight excluding hydrogens is 368 g/mol. The molecule has 6 rings (SSSR count). The second kappa shape index (κ2) is 6.60. The Morgan fingerprint density at radius 3 is 1.97 bits per heavy atom. The van der Waals surface area contributed by atoms with Gasteiger partial charge in [0, 0.05) is 18.1 Å². The lowest BCUT2D eigenvalue weighted by atomic mass is 9.86. The van der Waals surface area contributed by atoms with Crippen molar-refractivity contribution in [1.29, 1.82) is 0 Å². The highest BCUT2D eigenvalue weighted by Gasteiger charge is 2.34. The van der Waals surface area contributed by atoms with E-state index in [-0.39, 0.29) is 5.92 Å². The number of hydrazine groups is 1. The molecule has 2 aliphatic rings. The first-order valence-electron chi connectivity index (χ1n) is 10.2. The molecule has 1 aliphatic heterocycles. The first kappa shape index (κ1) is 17.0. The molecule has 4 aromatic carbocycles. The van der Waals surface area contributed by atoms with Crippen molar-refractivity contribution in [3.63, 3.8) is 0 Å². The summed E-state index contributed by atoms with van der Waals surface area (Å²) in [7, 11) is 1.93. The Balaban J connectivity index is 1.58. The maximum absolute atomic E-state index is 6.20. The maximum atomic E-state index is 6.20. The minimum atomic E-state index is 0.188. The molecule has 0 spiro atoms. The Hall–Kier alpha value is -3.85. The number of fused-ring (bicyclic) bond motifs is 4. The fraction of sp³-hybridized carbons (Fsp3) is 0.0741. The zero-order valence-corrected chi connectivity index (χ0v) is 16.7. The molecule has 0 saturated carbocycles. The molecule has 0 atom stereocenters. The molecule has 0 amide bonds. The van der Waals surface area contributed by atoms with Crippen LogP contribution in [0, 0.1) is 0 Å². The molecule has 3 heteroatoms. The normalized spacial score (nSPS) is 14.4. The molecule has 30 heavy (non-hydrogen) atoms. The zero-order valence-electron chi connectivity index (χ0n) is 16.7. The Labute approximate surface area is 176 Å². The molecule has 144 valence electrons. The summed E-state index contributed by atoms with van der Waals surface area (Å²) in [4.78, 5) is 6.20. The summed E-state index contributed by atoms with van der Waals surface area (Å²) in [6.45, 7) is 0. The largest absolute Gasteiger partial charge is 0.331 e. The third-order valence-electron chi connectivity index (χ3n) is 6.05. The van der Waals surface area contributed by atoms with Gasteiger partial charge in [-0.05, 0) is 43.7 Å². The molecule has 0 saturated heterocycles. The smallest absolute Gasteiger partial charge is 0.238 e. The van der Waals surface area contributed by atoms with Gasteiger partial charge in [-0.1, -0.05) is 78.9 Å². The van der Waals surface area contributed by atoms with Gasteiger partial charge in [-0.25, -0.2) is 0 Å². The summed E-state index contributed by atoms with van der Waals surface area (Å²) < 4.78 is 2.05. The van der Waals surface area contributed by atoms with Crippen molar-refractivity contribution in [3.05, 3.63) is 119 Å². The summed E-state index contributed by atoms with van der Waals surface area (Å²) in [5.74, 6) is 1.07. The van der Waals surface area contributed by atoms with Crippen LogP contribution < -0.4 is 4.84 Å². The monoisotopic (exact) mass is 389 g/mol. The molecule has 0 aromatic heterocycles. The average molecular weight is 389 g/mol. The van der Waals surface area contributed by atoms with E-state index in [1.165, 1.54) is 27.8 Å². The Morgan fingerprint density at radius 2 is 1.27 bits per heavy atom. The first-order valence-corrected chi connectivity index (χ1v) is 10.2. The second-order valence-corrected chi connectivity index (χ2v) is 7.73. The van der Waals surface area contributed by atoms with Crippen LogP contribution in [0.2, 0.25) is 0 Å². The van der Waals surface area contributed by atoms with Gasteiger partial charge in [0.15, 0.2) is 5.75 Å². The molecule has 3 nitrogen and oxygen atoms in total. The summed E-state index contributed by atoms with van der Waals surface area (Å²) in [5.41, 5.74) is 8.80. The molecular formula is C27H21N2O+. The van der Waals surface area contributed by atoms with E-state index in [1.54, 1.807) is 5.17 Å². The van der Waals surface area contributed by atoms with E-state index in [1.807, 2.05) is 31.3 Å². The van der Waals surface area contributed by atoms with Crippen molar-refractivity contribution in [2.45, 2.75) is 5.92 Å². The van der Waals surface area contributed by atoms with Gasteiger partial charge in [0.1, 0.15) is 7.05 Å². The van der Waals surface area contributed by atoms with Crippen LogP contribution in [-0.2, 0) is 0 Å². The summed E-state index contributed by atoms with van der Waals surface area (Å²) >= 11 is 0. The summed E-state index contributed by atoms with van der Waals surface area (Å²) in [5, 5.41) is 1.78. The van der Waals surface area contributed by atoms with Crippen LogP contribution in [0.15, 0.2) is 97.1 Å². The van der Waals surface area contributed by atoms with Gasteiger partial charge in [-0.15, -0.1) is 0 Å². The quantitative estimate of drug-likeness (QED) is 0.357. The Morgan fingerprint density at radius 1 is 0.667 bits per heavy atom. The minimum absolute atomic E-state index is 0.188.